The van der Waals surface area contributed by atoms with Crippen LogP contribution in [0.4, 0.5) is 0 Å². The Morgan fingerprint density at radius 2 is 2.00 bits per heavy atom. The van der Waals surface area contributed by atoms with Crippen LogP contribution in [0.5, 0.6) is 11.5 Å². The minimum atomic E-state index is -0.657. The van der Waals surface area contributed by atoms with E-state index in [-0.39, 0.29) is 25.9 Å². The minimum absolute atomic E-state index is 0.198. The number of rotatable bonds is 10. The molecule has 0 saturated heterocycles. The Labute approximate surface area is 152 Å². The molecule has 1 amide bonds. The van der Waals surface area contributed by atoms with Crippen LogP contribution < -0.4 is 14.8 Å². The van der Waals surface area contributed by atoms with Crippen LogP contribution in [0, 0.1) is 0 Å². The van der Waals surface area contributed by atoms with Crippen LogP contribution in [0.3, 0.4) is 0 Å². The van der Waals surface area contributed by atoms with Crippen LogP contribution in [0.15, 0.2) is 23.4 Å². The summed E-state index contributed by atoms with van der Waals surface area (Å²) in [5, 5.41) is 6.56. The van der Waals surface area contributed by atoms with Gasteiger partial charge in [0.1, 0.15) is 0 Å². The molecule has 0 fully saturated rings. The quantitative estimate of drug-likeness (QED) is 0.295. The van der Waals surface area contributed by atoms with Gasteiger partial charge in [-0.15, -0.1) is 0 Å². The summed E-state index contributed by atoms with van der Waals surface area (Å²) < 4.78 is 15.4. The van der Waals surface area contributed by atoms with Gasteiger partial charge in [0, 0.05) is 12.1 Å². The van der Waals surface area contributed by atoms with E-state index in [1.165, 1.54) is 0 Å². The molecule has 8 nitrogen and oxygen atoms in total. The van der Waals surface area contributed by atoms with E-state index in [0.717, 1.165) is 24.8 Å². The molecule has 0 atom stereocenters. The zero-order valence-corrected chi connectivity index (χ0v) is 15.1. The summed E-state index contributed by atoms with van der Waals surface area (Å²) in [6, 6.07) is 5.38. The number of benzene rings is 1. The molecule has 2 rings (SSSR count). The van der Waals surface area contributed by atoms with E-state index in [4.69, 9.17) is 19.0 Å². The first kappa shape index (κ1) is 19.6. The zero-order valence-electron chi connectivity index (χ0n) is 15.1. The summed E-state index contributed by atoms with van der Waals surface area (Å²) in [7, 11) is 0. The third kappa shape index (κ3) is 6.27. The third-order valence-corrected chi connectivity index (χ3v) is 3.64. The number of hydrogen-bond acceptors (Lipinski definition) is 7. The molecule has 0 aromatic heterocycles. The summed E-state index contributed by atoms with van der Waals surface area (Å²) in [4.78, 5) is 28.0. The van der Waals surface area contributed by atoms with Crippen LogP contribution in [-0.2, 0) is 19.2 Å². The molecule has 26 heavy (non-hydrogen) atoms. The maximum Gasteiger partial charge on any atom is 0.347 e. The summed E-state index contributed by atoms with van der Waals surface area (Å²) >= 11 is 0. The van der Waals surface area contributed by atoms with Gasteiger partial charge in [0.25, 0.3) is 5.91 Å². The van der Waals surface area contributed by atoms with E-state index >= 15 is 0 Å². The fourth-order valence-corrected chi connectivity index (χ4v) is 2.20. The van der Waals surface area contributed by atoms with Gasteiger partial charge in [-0.1, -0.05) is 24.9 Å². The predicted octanol–water partition coefficient (Wildman–Crippen LogP) is 2.01. The zero-order chi connectivity index (χ0) is 18.8. The molecule has 0 bridgehead atoms. The van der Waals surface area contributed by atoms with E-state index in [2.05, 4.69) is 17.4 Å². The van der Waals surface area contributed by atoms with Gasteiger partial charge in [-0.05, 0) is 31.5 Å². The number of carbonyl (C=O) groups excluding carboxylic acids is 2. The van der Waals surface area contributed by atoms with Crippen molar-refractivity contribution in [3.05, 3.63) is 23.8 Å². The van der Waals surface area contributed by atoms with Crippen LogP contribution >= 0.6 is 0 Å². The first-order valence-electron chi connectivity index (χ1n) is 8.59. The molecular weight excluding hydrogens is 340 g/mol. The highest BCUT2D eigenvalue weighted by molar-refractivity contribution is 5.99. The molecule has 0 aliphatic carbocycles. The fraction of sp³-hybridized carbons (Fsp3) is 0.500. The van der Waals surface area contributed by atoms with Crippen molar-refractivity contribution in [3.8, 4) is 11.5 Å². The molecule has 1 aliphatic rings. The van der Waals surface area contributed by atoms with Crippen molar-refractivity contribution < 1.29 is 28.6 Å². The lowest BCUT2D eigenvalue weighted by molar-refractivity contribution is -0.152. The third-order valence-electron chi connectivity index (χ3n) is 3.64. The normalized spacial score (nSPS) is 12.6. The maximum absolute atomic E-state index is 11.6. The number of amides is 1. The van der Waals surface area contributed by atoms with Gasteiger partial charge >= 0.3 is 5.97 Å². The summed E-state index contributed by atoms with van der Waals surface area (Å²) in [6.45, 7) is 3.92. The molecule has 1 aromatic carbocycles. The number of nitrogens with zero attached hydrogens (tertiary/aromatic N) is 1. The Morgan fingerprint density at radius 1 is 1.19 bits per heavy atom. The largest absolute Gasteiger partial charge is 0.454 e. The van der Waals surface area contributed by atoms with Gasteiger partial charge in [-0.25, -0.2) is 4.79 Å². The number of fused-ring (bicyclic) bond motifs is 1. The molecule has 1 aliphatic heterocycles. The Kier molecular flexibility index (Phi) is 7.73. The molecule has 8 heteroatoms. The molecule has 0 radical (unpaired) electrons. The van der Waals surface area contributed by atoms with Crippen LogP contribution in [-0.4, -0.2) is 44.1 Å². The van der Waals surface area contributed by atoms with Crippen molar-refractivity contribution >= 4 is 17.6 Å². The number of carbonyl (C=O) groups is 2. The predicted molar refractivity (Wildman–Crippen MR) is 94.2 cm³/mol. The van der Waals surface area contributed by atoms with E-state index in [1.54, 1.807) is 19.1 Å². The van der Waals surface area contributed by atoms with Crippen molar-refractivity contribution in [2.45, 2.75) is 33.1 Å². The molecule has 0 saturated carbocycles. The SMILES string of the molecule is CCCCCNC(=O)COC(=O)CO/N=C(\C)c1ccc2c(c1)OCO2. The monoisotopic (exact) mass is 364 g/mol. The highest BCUT2D eigenvalue weighted by Gasteiger charge is 2.14. The maximum atomic E-state index is 11.6. The number of hydrogen-bond donors (Lipinski definition) is 1. The number of esters is 1. The highest BCUT2D eigenvalue weighted by Crippen LogP contribution is 2.32. The first-order chi connectivity index (χ1) is 12.6. The second kappa shape index (κ2) is 10.3. The van der Waals surface area contributed by atoms with Crippen LogP contribution in [0.2, 0.25) is 0 Å². The van der Waals surface area contributed by atoms with Crippen LogP contribution in [0.1, 0.15) is 38.7 Å². The van der Waals surface area contributed by atoms with Gasteiger partial charge in [-0.3, -0.25) is 4.79 Å². The smallest absolute Gasteiger partial charge is 0.347 e. The minimum Gasteiger partial charge on any atom is -0.454 e. The second-order valence-corrected chi connectivity index (χ2v) is 5.74. The first-order valence-corrected chi connectivity index (χ1v) is 8.59. The average Bonchev–Trinajstić information content (AvgIpc) is 3.11. The summed E-state index contributed by atoms with van der Waals surface area (Å²) in [6.07, 6.45) is 3.04. The number of nitrogens with one attached hydrogen (secondary N) is 1. The molecule has 0 spiro atoms. The van der Waals surface area contributed by atoms with Crippen molar-refractivity contribution in [2.24, 2.45) is 5.16 Å². The fourth-order valence-electron chi connectivity index (χ4n) is 2.20. The number of ether oxygens (including phenoxy) is 3. The molecule has 142 valence electrons. The van der Waals surface area contributed by atoms with E-state index in [1.807, 2.05) is 6.07 Å². The van der Waals surface area contributed by atoms with E-state index < -0.39 is 5.97 Å². The van der Waals surface area contributed by atoms with E-state index in [9.17, 15) is 9.59 Å². The molecule has 0 unspecified atom stereocenters. The lowest BCUT2D eigenvalue weighted by Gasteiger charge is -2.06. The van der Waals surface area contributed by atoms with Gasteiger partial charge in [0.15, 0.2) is 18.1 Å². The Hall–Kier alpha value is -2.77. The van der Waals surface area contributed by atoms with Gasteiger partial charge in [-0.2, -0.15) is 0 Å². The topological polar surface area (TPSA) is 95.5 Å². The van der Waals surface area contributed by atoms with Crippen molar-refractivity contribution in [2.75, 3.05) is 26.6 Å². The summed E-state index contributed by atoms with van der Waals surface area (Å²) in [5.41, 5.74) is 1.36. The van der Waals surface area contributed by atoms with Gasteiger partial charge in [0.2, 0.25) is 13.4 Å². The van der Waals surface area contributed by atoms with Crippen molar-refractivity contribution in [1.82, 2.24) is 5.32 Å². The van der Waals surface area contributed by atoms with Crippen molar-refractivity contribution in [1.29, 1.82) is 0 Å². The lowest BCUT2D eigenvalue weighted by atomic mass is 10.1. The molecule has 1 heterocycles. The molecular formula is C18H24N2O6. The van der Waals surface area contributed by atoms with Crippen molar-refractivity contribution in [3.63, 3.8) is 0 Å². The van der Waals surface area contributed by atoms with Gasteiger partial charge < -0.3 is 24.4 Å². The summed E-state index contributed by atoms with van der Waals surface area (Å²) in [5.74, 6) is 0.339. The standard InChI is InChI=1S/C18H24N2O6/c1-3-4-5-8-19-17(21)10-23-18(22)11-26-20-13(2)14-6-7-15-16(9-14)25-12-24-15/h6-7,9H,3-5,8,10-12H2,1-2H3,(H,19,21)/b20-13+. The Morgan fingerprint density at radius 3 is 2.81 bits per heavy atom. The number of oxime groups is 1. The van der Waals surface area contributed by atoms with E-state index in [0.29, 0.717) is 23.8 Å². The Balaban J connectivity index is 1.67. The molecule has 1 N–H and O–H groups in total. The molecule has 1 aromatic rings. The van der Waals surface area contributed by atoms with Crippen LogP contribution in [0.25, 0.3) is 0 Å². The lowest BCUT2D eigenvalue weighted by Crippen LogP contribution is -2.30. The van der Waals surface area contributed by atoms with Gasteiger partial charge in [0.05, 0.1) is 5.71 Å². The number of unbranched alkanes of at least 4 members (excludes halogenated alkanes) is 2. The average molecular weight is 364 g/mol. The highest BCUT2D eigenvalue weighted by atomic mass is 16.7. The second-order valence-electron chi connectivity index (χ2n) is 5.74. The Bertz CT molecular complexity index is 659.